The molecule has 1 saturated carbocycles. The first-order valence-corrected chi connectivity index (χ1v) is 9.01. The zero-order chi connectivity index (χ0) is 20.1. The predicted octanol–water partition coefficient (Wildman–Crippen LogP) is 3.41. The molecule has 0 spiro atoms. The predicted molar refractivity (Wildman–Crippen MR) is 103 cm³/mol. The minimum Gasteiger partial charge on any atom is -0.452 e. The fourth-order valence-corrected chi connectivity index (χ4v) is 2.82. The normalized spacial score (nSPS) is 14.0. The second-order valence-electron chi connectivity index (χ2n) is 6.75. The Bertz CT molecular complexity index is 881. The number of nitrogens with zero attached hydrogens (tertiary/aromatic N) is 1. The molecular formula is C20H21N3O5. The summed E-state index contributed by atoms with van der Waals surface area (Å²) in [5.74, 6) is -0.680. The summed E-state index contributed by atoms with van der Waals surface area (Å²) in [5.41, 5.74) is 0.685. The van der Waals surface area contributed by atoms with Gasteiger partial charge in [0.2, 0.25) is 0 Å². The van der Waals surface area contributed by atoms with E-state index in [0.717, 1.165) is 18.9 Å². The number of amides is 1. The van der Waals surface area contributed by atoms with Crippen LogP contribution in [0.4, 0.5) is 17.1 Å². The topological polar surface area (TPSA) is 111 Å². The van der Waals surface area contributed by atoms with Crippen LogP contribution in [-0.4, -0.2) is 29.4 Å². The molecular weight excluding hydrogens is 362 g/mol. The van der Waals surface area contributed by atoms with E-state index in [2.05, 4.69) is 10.6 Å². The molecule has 1 amide bonds. The number of anilines is 2. The van der Waals surface area contributed by atoms with Crippen LogP contribution >= 0.6 is 0 Å². The molecule has 28 heavy (non-hydrogen) atoms. The van der Waals surface area contributed by atoms with E-state index in [9.17, 15) is 19.7 Å². The highest BCUT2D eigenvalue weighted by atomic mass is 16.6. The summed E-state index contributed by atoms with van der Waals surface area (Å²) in [6, 6.07) is 13.0. The van der Waals surface area contributed by atoms with Gasteiger partial charge in [-0.2, -0.15) is 0 Å². The Morgan fingerprint density at radius 3 is 2.57 bits per heavy atom. The Kier molecular flexibility index (Phi) is 5.88. The number of esters is 1. The van der Waals surface area contributed by atoms with Crippen LogP contribution in [0.3, 0.4) is 0 Å². The minimum atomic E-state index is -0.788. The number of rotatable bonds is 8. The van der Waals surface area contributed by atoms with Crippen LogP contribution in [0, 0.1) is 16.0 Å². The third-order valence-corrected chi connectivity index (χ3v) is 4.54. The minimum absolute atomic E-state index is 0.00773. The zero-order valence-corrected chi connectivity index (χ0v) is 15.4. The standard InChI is InChI=1S/C20H21N3O5/c1-13(14-7-8-14)21-19(24)12-28-20(25)15-9-10-17(18(11-15)23(26)27)22-16-5-3-2-4-6-16/h2-6,9-11,13-14,22H,7-8,12H2,1H3,(H,21,24)/t13-/m1/s1. The van der Waals surface area contributed by atoms with E-state index in [1.165, 1.54) is 12.1 Å². The maximum absolute atomic E-state index is 12.2. The van der Waals surface area contributed by atoms with Crippen LogP contribution in [0.15, 0.2) is 48.5 Å². The van der Waals surface area contributed by atoms with E-state index >= 15 is 0 Å². The second kappa shape index (κ2) is 8.51. The monoisotopic (exact) mass is 383 g/mol. The lowest BCUT2D eigenvalue weighted by Gasteiger charge is -2.13. The number of carbonyl (C=O) groups is 2. The Balaban J connectivity index is 1.64. The Morgan fingerprint density at radius 2 is 1.93 bits per heavy atom. The largest absolute Gasteiger partial charge is 0.452 e. The third kappa shape index (κ3) is 5.06. The SMILES string of the molecule is C[C@@H](NC(=O)COC(=O)c1ccc(Nc2ccccc2)c([N+](=O)[O-])c1)C1CC1. The molecule has 2 aromatic rings. The second-order valence-corrected chi connectivity index (χ2v) is 6.75. The molecule has 8 heteroatoms. The fourth-order valence-electron chi connectivity index (χ4n) is 2.82. The van der Waals surface area contributed by atoms with Crippen molar-refractivity contribution in [2.75, 3.05) is 11.9 Å². The van der Waals surface area contributed by atoms with Gasteiger partial charge < -0.3 is 15.4 Å². The first-order valence-electron chi connectivity index (χ1n) is 9.01. The van der Waals surface area contributed by atoms with Crippen molar-refractivity contribution in [1.82, 2.24) is 5.32 Å². The lowest BCUT2D eigenvalue weighted by atomic mass is 10.1. The number of hydrogen-bond acceptors (Lipinski definition) is 6. The molecule has 0 heterocycles. The molecule has 8 nitrogen and oxygen atoms in total. The third-order valence-electron chi connectivity index (χ3n) is 4.54. The van der Waals surface area contributed by atoms with Crippen LogP contribution < -0.4 is 10.6 Å². The molecule has 0 aromatic heterocycles. The van der Waals surface area contributed by atoms with Crippen LogP contribution in [0.5, 0.6) is 0 Å². The highest BCUT2D eigenvalue weighted by molar-refractivity contribution is 5.93. The first kappa shape index (κ1) is 19.3. The molecule has 1 fully saturated rings. The Hall–Kier alpha value is -3.42. The summed E-state index contributed by atoms with van der Waals surface area (Å²) in [6.45, 7) is 1.49. The number of hydrogen-bond donors (Lipinski definition) is 2. The highest BCUT2D eigenvalue weighted by Gasteiger charge is 2.29. The van der Waals surface area contributed by atoms with Gasteiger partial charge in [-0.25, -0.2) is 4.79 Å². The maximum Gasteiger partial charge on any atom is 0.338 e. The number of benzene rings is 2. The lowest BCUT2D eigenvalue weighted by molar-refractivity contribution is -0.383. The summed E-state index contributed by atoms with van der Waals surface area (Å²) < 4.78 is 4.99. The van der Waals surface area contributed by atoms with Crippen LogP contribution in [0.25, 0.3) is 0 Å². The van der Waals surface area contributed by atoms with Crippen molar-refractivity contribution in [3.63, 3.8) is 0 Å². The molecule has 1 aliphatic rings. The van der Waals surface area contributed by atoms with Crippen molar-refractivity contribution in [1.29, 1.82) is 0 Å². The highest BCUT2D eigenvalue weighted by Crippen LogP contribution is 2.32. The summed E-state index contributed by atoms with van der Waals surface area (Å²) >= 11 is 0. The fraction of sp³-hybridized carbons (Fsp3) is 0.300. The van der Waals surface area contributed by atoms with Gasteiger partial charge in [0.1, 0.15) is 5.69 Å². The lowest BCUT2D eigenvalue weighted by Crippen LogP contribution is -2.37. The van der Waals surface area contributed by atoms with Gasteiger partial charge in [0.05, 0.1) is 10.5 Å². The quantitative estimate of drug-likeness (QED) is 0.411. The summed E-state index contributed by atoms with van der Waals surface area (Å²) in [6.07, 6.45) is 2.18. The molecule has 0 bridgehead atoms. The van der Waals surface area contributed by atoms with Gasteiger partial charge in [-0.3, -0.25) is 14.9 Å². The van der Waals surface area contributed by atoms with Gasteiger partial charge in [-0.1, -0.05) is 18.2 Å². The van der Waals surface area contributed by atoms with Gasteiger partial charge in [0.15, 0.2) is 6.61 Å². The molecule has 2 N–H and O–H groups in total. The molecule has 1 aliphatic carbocycles. The van der Waals surface area contributed by atoms with E-state index in [-0.39, 0.29) is 28.9 Å². The number of nitrogens with one attached hydrogen (secondary N) is 2. The number of carbonyl (C=O) groups excluding carboxylic acids is 2. The molecule has 0 saturated heterocycles. The Labute approximate surface area is 162 Å². The molecule has 1 atom stereocenters. The van der Waals surface area contributed by atoms with Crippen molar-refractivity contribution in [2.45, 2.75) is 25.8 Å². The van der Waals surface area contributed by atoms with Gasteiger partial charge in [-0.05, 0) is 49.9 Å². The molecule has 146 valence electrons. The van der Waals surface area contributed by atoms with Gasteiger partial charge >= 0.3 is 5.97 Å². The van der Waals surface area contributed by atoms with Crippen molar-refractivity contribution in [2.24, 2.45) is 5.92 Å². The van der Waals surface area contributed by atoms with Crippen molar-refractivity contribution < 1.29 is 19.2 Å². The molecule has 3 rings (SSSR count). The summed E-state index contributed by atoms with van der Waals surface area (Å²) in [4.78, 5) is 34.8. The number of nitro benzene ring substituents is 1. The zero-order valence-electron chi connectivity index (χ0n) is 15.4. The van der Waals surface area contributed by atoms with Crippen molar-refractivity contribution >= 4 is 28.9 Å². The maximum atomic E-state index is 12.2. The van der Waals surface area contributed by atoms with Crippen molar-refractivity contribution in [3.05, 3.63) is 64.2 Å². The van der Waals surface area contributed by atoms with Crippen LogP contribution in [0.2, 0.25) is 0 Å². The van der Waals surface area contributed by atoms with Gasteiger partial charge in [-0.15, -0.1) is 0 Å². The van der Waals surface area contributed by atoms with Crippen LogP contribution in [0.1, 0.15) is 30.1 Å². The van der Waals surface area contributed by atoms with Crippen LogP contribution in [-0.2, 0) is 9.53 Å². The van der Waals surface area contributed by atoms with E-state index in [1.807, 2.05) is 13.0 Å². The molecule has 0 radical (unpaired) electrons. The Morgan fingerprint density at radius 1 is 1.21 bits per heavy atom. The summed E-state index contributed by atoms with van der Waals surface area (Å²) in [5, 5.41) is 17.1. The molecule has 0 unspecified atom stereocenters. The van der Waals surface area contributed by atoms with Gasteiger partial charge in [0, 0.05) is 17.8 Å². The average molecular weight is 383 g/mol. The van der Waals surface area contributed by atoms with Gasteiger partial charge in [0.25, 0.3) is 11.6 Å². The van der Waals surface area contributed by atoms with E-state index < -0.39 is 17.5 Å². The van der Waals surface area contributed by atoms with E-state index in [4.69, 9.17) is 4.74 Å². The molecule has 2 aromatic carbocycles. The summed E-state index contributed by atoms with van der Waals surface area (Å²) in [7, 11) is 0. The first-order chi connectivity index (χ1) is 13.4. The number of nitro groups is 1. The van der Waals surface area contributed by atoms with E-state index in [0.29, 0.717) is 11.6 Å². The smallest absolute Gasteiger partial charge is 0.338 e. The van der Waals surface area contributed by atoms with E-state index in [1.54, 1.807) is 24.3 Å². The average Bonchev–Trinajstić information content (AvgIpc) is 3.52. The number of ether oxygens (including phenoxy) is 1. The van der Waals surface area contributed by atoms with Crippen molar-refractivity contribution in [3.8, 4) is 0 Å². The molecule has 0 aliphatic heterocycles. The number of para-hydroxylation sites is 1.